The van der Waals surface area contributed by atoms with Crippen molar-refractivity contribution >= 4 is 11.9 Å². The lowest BCUT2D eigenvalue weighted by atomic mass is 10.1. The van der Waals surface area contributed by atoms with Crippen LogP contribution in [0.3, 0.4) is 0 Å². The quantitative estimate of drug-likeness (QED) is 0.339. The largest absolute Gasteiger partial charge is 0.357 e. The molecule has 1 amide bonds. The summed E-state index contributed by atoms with van der Waals surface area (Å²) in [5.41, 5.74) is 0. The first-order chi connectivity index (χ1) is 9.13. The number of carbonyl (C=O) groups excluding carboxylic acids is 1. The molecule has 5 heteroatoms. The highest BCUT2D eigenvalue weighted by Crippen LogP contribution is 2.02. The summed E-state index contributed by atoms with van der Waals surface area (Å²) in [5.74, 6) is 0.677. The second kappa shape index (κ2) is 11.8. The van der Waals surface area contributed by atoms with Gasteiger partial charge in [-0.05, 0) is 27.2 Å². The van der Waals surface area contributed by atoms with Crippen LogP contribution >= 0.6 is 0 Å². The number of nitrogens with zero attached hydrogens (tertiary/aromatic N) is 1. The summed E-state index contributed by atoms with van der Waals surface area (Å²) in [6.45, 7) is 9.88. The van der Waals surface area contributed by atoms with Crippen molar-refractivity contribution in [1.82, 2.24) is 16.0 Å². The summed E-state index contributed by atoms with van der Waals surface area (Å²) in [7, 11) is 0. The Morgan fingerprint density at radius 3 is 2.37 bits per heavy atom. The van der Waals surface area contributed by atoms with E-state index in [2.05, 4.69) is 34.8 Å². The third-order valence-corrected chi connectivity index (χ3v) is 2.72. The van der Waals surface area contributed by atoms with Crippen LogP contribution in [0.4, 0.5) is 0 Å². The first kappa shape index (κ1) is 17.7. The molecule has 0 saturated heterocycles. The second-order valence-electron chi connectivity index (χ2n) is 4.69. The van der Waals surface area contributed by atoms with Gasteiger partial charge in [-0.25, -0.2) is 4.99 Å². The molecule has 1 atom stereocenters. The number of aliphatic imine (C=N–C) groups is 1. The number of hydrogen-bond acceptors (Lipinski definition) is 2. The van der Waals surface area contributed by atoms with Crippen molar-refractivity contribution in [2.24, 2.45) is 4.99 Å². The van der Waals surface area contributed by atoms with Crippen molar-refractivity contribution < 1.29 is 4.79 Å². The van der Waals surface area contributed by atoms with Crippen molar-refractivity contribution in [2.45, 2.75) is 59.4 Å². The number of carbonyl (C=O) groups is 1. The summed E-state index contributed by atoms with van der Waals surface area (Å²) >= 11 is 0. The van der Waals surface area contributed by atoms with Crippen LogP contribution in [-0.2, 0) is 4.79 Å². The van der Waals surface area contributed by atoms with E-state index in [1.54, 1.807) is 0 Å². The first-order valence-electron chi connectivity index (χ1n) is 7.45. The Hall–Kier alpha value is -1.26. The van der Waals surface area contributed by atoms with Gasteiger partial charge < -0.3 is 16.0 Å². The van der Waals surface area contributed by atoms with Gasteiger partial charge in [0, 0.05) is 19.1 Å². The Bertz CT molecular complexity index is 266. The monoisotopic (exact) mass is 270 g/mol. The van der Waals surface area contributed by atoms with Crippen LogP contribution < -0.4 is 16.0 Å². The number of likely N-dealkylation sites (N-methyl/N-ethyl adjacent to an activating group) is 1. The van der Waals surface area contributed by atoms with E-state index >= 15 is 0 Å². The Balaban J connectivity index is 4.15. The predicted octanol–water partition coefficient (Wildman–Crippen LogP) is 1.65. The molecule has 0 heterocycles. The lowest BCUT2D eigenvalue weighted by Crippen LogP contribution is -2.43. The average Bonchev–Trinajstić information content (AvgIpc) is 2.37. The van der Waals surface area contributed by atoms with Crippen LogP contribution in [0, 0.1) is 0 Å². The van der Waals surface area contributed by atoms with E-state index < -0.39 is 0 Å². The number of guanidine groups is 1. The van der Waals surface area contributed by atoms with Gasteiger partial charge in [0.2, 0.25) is 5.91 Å². The summed E-state index contributed by atoms with van der Waals surface area (Å²) in [5, 5.41) is 9.23. The van der Waals surface area contributed by atoms with E-state index in [1.165, 1.54) is 19.3 Å². The molecule has 112 valence electrons. The van der Waals surface area contributed by atoms with Crippen LogP contribution in [0.5, 0.6) is 0 Å². The zero-order valence-electron chi connectivity index (χ0n) is 12.9. The summed E-state index contributed by atoms with van der Waals surface area (Å²) < 4.78 is 0. The van der Waals surface area contributed by atoms with E-state index in [0.717, 1.165) is 18.9 Å². The maximum Gasteiger partial charge on any atom is 0.241 e. The molecule has 0 rings (SSSR count). The minimum atomic E-state index is -0.0432. The second-order valence-corrected chi connectivity index (χ2v) is 4.69. The van der Waals surface area contributed by atoms with E-state index in [1.807, 2.05) is 13.8 Å². The molecule has 0 radical (unpaired) electrons. The smallest absolute Gasteiger partial charge is 0.241 e. The number of hydrogen-bond donors (Lipinski definition) is 3. The van der Waals surface area contributed by atoms with Crippen molar-refractivity contribution in [1.29, 1.82) is 0 Å². The van der Waals surface area contributed by atoms with Gasteiger partial charge in [0.25, 0.3) is 0 Å². The topological polar surface area (TPSA) is 65.5 Å². The van der Waals surface area contributed by atoms with Crippen LogP contribution in [0.2, 0.25) is 0 Å². The molecule has 0 fully saturated rings. The van der Waals surface area contributed by atoms with Crippen LogP contribution in [0.15, 0.2) is 4.99 Å². The highest BCUT2D eigenvalue weighted by Gasteiger charge is 2.05. The van der Waals surface area contributed by atoms with E-state index in [9.17, 15) is 4.79 Å². The normalized spacial score (nSPS) is 12.9. The number of nitrogens with one attached hydrogen (secondary N) is 3. The molecule has 0 saturated carbocycles. The fourth-order valence-electron chi connectivity index (χ4n) is 1.73. The third-order valence-electron chi connectivity index (χ3n) is 2.72. The molecule has 1 unspecified atom stereocenters. The third kappa shape index (κ3) is 10.4. The minimum absolute atomic E-state index is 0.0432. The molecule has 5 nitrogen and oxygen atoms in total. The van der Waals surface area contributed by atoms with Gasteiger partial charge in [0.15, 0.2) is 5.96 Å². The molecule has 3 N–H and O–H groups in total. The van der Waals surface area contributed by atoms with E-state index in [0.29, 0.717) is 12.6 Å². The molecule has 0 aromatic carbocycles. The SMILES string of the molecule is CCCCCC(C)NC(=NCC(=O)NCC)NCC. The molecule has 0 aliphatic rings. The molecule has 0 aromatic rings. The van der Waals surface area contributed by atoms with Crippen LogP contribution in [0.25, 0.3) is 0 Å². The zero-order chi connectivity index (χ0) is 14.5. The molecule has 0 aromatic heterocycles. The predicted molar refractivity (Wildman–Crippen MR) is 81.4 cm³/mol. The number of amides is 1. The first-order valence-corrected chi connectivity index (χ1v) is 7.45. The van der Waals surface area contributed by atoms with Crippen molar-refractivity contribution in [2.75, 3.05) is 19.6 Å². The van der Waals surface area contributed by atoms with Crippen molar-refractivity contribution in [3.05, 3.63) is 0 Å². The zero-order valence-corrected chi connectivity index (χ0v) is 12.9. The van der Waals surface area contributed by atoms with E-state index in [-0.39, 0.29) is 12.5 Å². The average molecular weight is 270 g/mol. The highest BCUT2D eigenvalue weighted by molar-refractivity contribution is 5.84. The van der Waals surface area contributed by atoms with Crippen LogP contribution in [-0.4, -0.2) is 37.5 Å². The molecular weight excluding hydrogens is 240 g/mol. The molecule has 19 heavy (non-hydrogen) atoms. The Morgan fingerprint density at radius 2 is 1.79 bits per heavy atom. The molecular formula is C14H30N4O. The highest BCUT2D eigenvalue weighted by atomic mass is 16.1. The standard InChI is InChI=1S/C14H30N4O/c1-5-8-9-10-12(4)18-14(16-7-3)17-11-13(19)15-6-2/h12H,5-11H2,1-4H3,(H,15,19)(H2,16,17,18). The van der Waals surface area contributed by atoms with Crippen molar-refractivity contribution in [3.63, 3.8) is 0 Å². The van der Waals surface area contributed by atoms with Crippen molar-refractivity contribution in [3.8, 4) is 0 Å². The van der Waals surface area contributed by atoms with Gasteiger partial charge in [0.05, 0.1) is 0 Å². The molecule has 0 spiro atoms. The maximum atomic E-state index is 11.4. The molecule has 0 aliphatic carbocycles. The molecule has 0 bridgehead atoms. The van der Waals surface area contributed by atoms with Gasteiger partial charge in [-0.3, -0.25) is 4.79 Å². The Kier molecular flexibility index (Phi) is 11.0. The van der Waals surface area contributed by atoms with Gasteiger partial charge in [-0.1, -0.05) is 26.2 Å². The maximum absolute atomic E-state index is 11.4. The van der Waals surface area contributed by atoms with Gasteiger partial charge in [-0.2, -0.15) is 0 Å². The Morgan fingerprint density at radius 1 is 1.11 bits per heavy atom. The summed E-state index contributed by atoms with van der Waals surface area (Å²) in [4.78, 5) is 15.7. The van der Waals surface area contributed by atoms with Gasteiger partial charge in [-0.15, -0.1) is 0 Å². The van der Waals surface area contributed by atoms with Crippen LogP contribution in [0.1, 0.15) is 53.4 Å². The minimum Gasteiger partial charge on any atom is -0.357 e. The lowest BCUT2D eigenvalue weighted by molar-refractivity contribution is -0.119. The Labute approximate surface area is 117 Å². The summed E-state index contributed by atoms with van der Waals surface area (Å²) in [6.07, 6.45) is 4.84. The number of rotatable bonds is 9. The lowest BCUT2D eigenvalue weighted by Gasteiger charge is -2.17. The van der Waals surface area contributed by atoms with E-state index in [4.69, 9.17) is 0 Å². The fourth-order valence-corrected chi connectivity index (χ4v) is 1.73. The van der Waals surface area contributed by atoms with Gasteiger partial charge >= 0.3 is 0 Å². The molecule has 0 aliphatic heterocycles. The summed E-state index contributed by atoms with van der Waals surface area (Å²) in [6, 6.07) is 0.374. The fraction of sp³-hybridized carbons (Fsp3) is 0.857. The number of unbranched alkanes of at least 4 members (excludes halogenated alkanes) is 2. The van der Waals surface area contributed by atoms with Gasteiger partial charge in [0.1, 0.15) is 6.54 Å².